The number of halogens is 2. The third-order valence-electron chi connectivity index (χ3n) is 1.64. The van der Waals surface area contributed by atoms with Crippen LogP contribution in [-0.2, 0) is 9.05 Å². The van der Waals surface area contributed by atoms with Gasteiger partial charge in [0.15, 0.2) is 5.56 Å². The van der Waals surface area contributed by atoms with E-state index in [2.05, 4.69) is 0 Å². The van der Waals surface area contributed by atoms with E-state index in [1.807, 2.05) is 0 Å². The maximum atomic E-state index is 11.1. The van der Waals surface area contributed by atoms with Gasteiger partial charge in [0, 0.05) is 16.7 Å². The zero-order valence-corrected chi connectivity index (χ0v) is 9.67. The van der Waals surface area contributed by atoms with Crippen molar-refractivity contribution in [2.75, 3.05) is 0 Å². The molecule has 0 radical (unpaired) electrons. The van der Waals surface area contributed by atoms with Gasteiger partial charge in [-0.1, -0.05) is 11.6 Å². The van der Waals surface area contributed by atoms with Crippen LogP contribution in [0.15, 0.2) is 17.0 Å². The van der Waals surface area contributed by atoms with Gasteiger partial charge in [0.05, 0.1) is 9.95 Å². The fourth-order valence-electron chi connectivity index (χ4n) is 1.05. The Kier molecular flexibility index (Phi) is 3.38. The van der Waals surface area contributed by atoms with Crippen molar-refractivity contribution >= 4 is 37.0 Å². The third-order valence-corrected chi connectivity index (χ3v) is 3.44. The van der Waals surface area contributed by atoms with E-state index in [1.165, 1.54) is 6.07 Å². The second-order valence-electron chi connectivity index (χ2n) is 2.58. The molecule has 0 atom stereocenters. The summed E-state index contributed by atoms with van der Waals surface area (Å²) in [4.78, 5) is 8.91. The molecule has 16 heavy (non-hydrogen) atoms. The largest absolute Gasteiger partial charge is 0.288 e. The second kappa shape index (κ2) is 4.25. The third kappa shape index (κ3) is 2.24. The first-order chi connectivity index (χ1) is 7.29. The molecule has 1 rings (SSSR count). The first-order valence-corrected chi connectivity index (χ1v) is 6.29. The summed E-state index contributed by atoms with van der Waals surface area (Å²) >= 11 is 5.53. The van der Waals surface area contributed by atoms with Gasteiger partial charge < -0.3 is 0 Å². The van der Waals surface area contributed by atoms with Gasteiger partial charge >= 0.3 is 0 Å². The summed E-state index contributed by atoms with van der Waals surface area (Å²) in [5, 5.41) is 18.9. The number of nitro groups is 1. The molecule has 0 spiro atoms. The lowest BCUT2D eigenvalue weighted by molar-refractivity contribution is -0.385. The minimum Gasteiger partial charge on any atom is -0.258 e. The average Bonchev–Trinajstić information content (AvgIpc) is 2.14. The quantitative estimate of drug-likeness (QED) is 0.469. The lowest BCUT2D eigenvalue weighted by Gasteiger charge is -2.02. The van der Waals surface area contributed by atoms with Crippen LogP contribution in [-0.4, -0.2) is 13.3 Å². The molecule has 0 aliphatic rings. The fourth-order valence-corrected chi connectivity index (χ4v) is 2.80. The van der Waals surface area contributed by atoms with Crippen molar-refractivity contribution < 1.29 is 13.3 Å². The van der Waals surface area contributed by atoms with Gasteiger partial charge in [-0.15, -0.1) is 0 Å². The highest BCUT2D eigenvalue weighted by molar-refractivity contribution is 8.13. The van der Waals surface area contributed by atoms with Gasteiger partial charge in [0.1, 0.15) is 11.0 Å². The van der Waals surface area contributed by atoms with Crippen LogP contribution in [0.4, 0.5) is 5.69 Å². The summed E-state index contributed by atoms with van der Waals surface area (Å²) in [5.74, 6) is 0. The molecule has 0 saturated heterocycles. The van der Waals surface area contributed by atoms with Crippen molar-refractivity contribution in [2.24, 2.45) is 0 Å². The first-order valence-electron chi connectivity index (χ1n) is 3.60. The van der Waals surface area contributed by atoms with Gasteiger partial charge in [-0.05, 0) is 6.07 Å². The maximum absolute atomic E-state index is 11.1. The van der Waals surface area contributed by atoms with Crippen molar-refractivity contribution in [3.05, 3.63) is 32.8 Å². The molecule has 1 aromatic carbocycles. The molecule has 1 aromatic rings. The number of rotatable bonds is 2. The van der Waals surface area contributed by atoms with Gasteiger partial charge in [-0.25, -0.2) is 8.42 Å². The maximum Gasteiger partial charge on any atom is 0.288 e. The van der Waals surface area contributed by atoms with Crippen LogP contribution in [0.2, 0.25) is 5.02 Å². The van der Waals surface area contributed by atoms with Gasteiger partial charge in [-0.3, -0.25) is 10.1 Å². The molecule has 0 aliphatic heterocycles. The van der Waals surface area contributed by atoms with Crippen LogP contribution in [0, 0.1) is 21.4 Å². The normalized spacial score (nSPS) is 10.8. The Morgan fingerprint density at radius 3 is 2.38 bits per heavy atom. The second-order valence-corrected chi connectivity index (χ2v) is 5.49. The summed E-state index contributed by atoms with van der Waals surface area (Å²) in [6.45, 7) is 0. The average molecular weight is 281 g/mol. The first kappa shape index (κ1) is 12.7. The van der Waals surface area contributed by atoms with Gasteiger partial charge in [0.2, 0.25) is 0 Å². The van der Waals surface area contributed by atoms with E-state index >= 15 is 0 Å². The Hall–Kier alpha value is -1.36. The van der Waals surface area contributed by atoms with Crippen LogP contribution in [0.5, 0.6) is 0 Å². The lowest BCUT2D eigenvalue weighted by atomic mass is 10.2. The van der Waals surface area contributed by atoms with Crippen molar-refractivity contribution in [2.45, 2.75) is 4.90 Å². The summed E-state index contributed by atoms with van der Waals surface area (Å²) in [5.41, 5.74) is -1.33. The number of hydrogen-bond acceptors (Lipinski definition) is 5. The molecule has 0 bridgehead atoms. The van der Waals surface area contributed by atoms with E-state index in [1.54, 1.807) is 0 Å². The minimum absolute atomic E-state index is 0.336. The van der Waals surface area contributed by atoms with E-state index in [-0.39, 0.29) is 5.02 Å². The molecule has 0 amide bonds. The van der Waals surface area contributed by atoms with Crippen molar-refractivity contribution in [3.63, 3.8) is 0 Å². The van der Waals surface area contributed by atoms with Crippen LogP contribution in [0.25, 0.3) is 0 Å². The SMILES string of the molecule is N#Cc1c([N+](=O)[O-])ccc(Cl)c1S(=O)(=O)Cl. The zero-order chi connectivity index (χ0) is 12.5. The number of benzene rings is 1. The number of nitriles is 1. The fraction of sp³-hybridized carbons (Fsp3) is 0. The van der Waals surface area contributed by atoms with E-state index < -0.39 is 30.1 Å². The monoisotopic (exact) mass is 280 g/mol. The number of hydrogen-bond donors (Lipinski definition) is 0. The molecule has 0 aromatic heterocycles. The predicted octanol–water partition coefficient (Wildman–Crippen LogP) is 2.05. The lowest BCUT2D eigenvalue weighted by Crippen LogP contribution is -2.01. The summed E-state index contributed by atoms with van der Waals surface area (Å²) in [6, 6.07) is 3.34. The summed E-state index contributed by atoms with van der Waals surface area (Å²) in [7, 11) is 0.720. The Morgan fingerprint density at radius 1 is 1.44 bits per heavy atom. The van der Waals surface area contributed by atoms with Crippen LogP contribution >= 0.6 is 22.3 Å². The Morgan fingerprint density at radius 2 is 2.00 bits per heavy atom. The molecule has 0 unspecified atom stereocenters. The molecule has 0 heterocycles. The summed E-state index contributed by atoms with van der Waals surface area (Å²) < 4.78 is 22.2. The Bertz CT molecular complexity index is 606. The van der Waals surface area contributed by atoms with Crippen molar-refractivity contribution in [1.82, 2.24) is 0 Å². The van der Waals surface area contributed by atoms with E-state index in [9.17, 15) is 18.5 Å². The Balaban J connectivity index is 3.81. The molecule has 9 heteroatoms. The van der Waals surface area contributed by atoms with Crippen molar-refractivity contribution in [3.8, 4) is 6.07 Å². The minimum atomic E-state index is -4.32. The predicted molar refractivity (Wildman–Crippen MR) is 55.9 cm³/mol. The standard InChI is InChI=1S/C7H2Cl2N2O4S/c8-5-1-2-6(11(12)13)4(3-10)7(5)16(9,14)15/h1-2H. The molecule has 0 saturated carbocycles. The molecule has 6 nitrogen and oxygen atoms in total. The van der Waals surface area contributed by atoms with Crippen LogP contribution < -0.4 is 0 Å². The highest BCUT2D eigenvalue weighted by Gasteiger charge is 2.27. The molecule has 0 aliphatic carbocycles. The number of nitro benzene ring substituents is 1. The van der Waals surface area contributed by atoms with E-state index in [4.69, 9.17) is 27.5 Å². The molecule has 0 fully saturated rings. The highest BCUT2D eigenvalue weighted by atomic mass is 35.7. The smallest absolute Gasteiger partial charge is 0.258 e. The highest BCUT2D eigenvalue weighted by Crippen LogP contribution is 2.33. The zero-order valence-electron chi connectivity index (χ0n) is 7.35. The van der Waals surface area contributed by atoms with E-state index in [0.717, 1.165) is 12.1 Å². The van der Waals surface area contributed by atoms with Gasteiger partial charge in [0.25, 0.3) is 14.7 Å². The molecule has 0 N–H and O–H groups in total. The van der Waals surface area contributed by atoms with Gasteiger partial charge in [-0.2, -0.15) is 5.26 Å². The Labute approximate surface area is 99.6 Å². The summed E-state index contributed by atoms with van der Waals surface area (Å²) in [6.07, 6.45) is 0. The number of nitrogens with zero attached hydrogens (tertiary/aromatic N) is 2. The molecular formula is C7H2Cl2N2O4S. The molecule has 84 valence electrons. The van der Waals surface area contributed by atoms with E-state index in [0.29, 0.717) is 0 Å². The topological polar surface area (TPSA) is 101 Å². The van der Waals surface area contributed by atoms with Crippen molar-refractivity contribution in [1.29, 1.82) is 5.26 Å². The van der Waals surface area contributed by atoms with Crippen LogP contribution in [0.3, 0.4) is 0 Å². The van der Waals surface area contributed by atoms with Crippen LogP contribution in [0.1, 0.15) is 5.56 Å². The molecular weight excluding hydrogens is 279 g/mol.